The van der Waals surface area contributed by atoms with Crippen molar-refractivity contribution in [1.82, 2.24) is 16.0 Å². The largest absolute Gasteiger partial charge is 0.357 e. The van der Waals surface area contributed by atoms with E-state index in [4.69, 9.17) is 0 Å². The molecule has 0 aliphatic rings. The molecule has 1 aromatic rings. The van der Waals surface area contributed by atoms with Crippen molar-refractivity contribution in [3.8, 4) is 0 Å². The van der Waals surface area contributed by atoms with Crippen molar-refractivity contribution in [1.29, 1.82) is 0 Å². The molecule has 5 nitrogen and oxygen atoms in total. The molecule has 0 aliphatic heterocycles. The second kappa shape index (κ2) is 14.8. The Kier molecular flexibility index (Phi) is 14.0. The van der Waals surface area contributed by atoms with Crippen LogP contribution in [0.1, 0.15) is 39.2 Å². The van der Waals surface area contributed by atoms with E-state index in [1.807, 2.05) is 6.92 Å². The monoisotopic (exact) mass is 478 g/mol. The van der Waals surface area contributed by atoms with Gasteiger partial charge in [-0.25, -0.2) is 4.39 Å². The fourth-order valence-corrected chi connectivity index (χ4v) is 2.39. The molecule has 0 radical (unpaired) electrons. The Bertz CT molecular complexity index is 550. The van der Waals surface area contributed by atoms with Gasteiger partial charge < -0.3 is 16.0 Å². The molecular formula is C19H32FIN4O. The maximum Gasteiger partial charge on any atom is 0.224 e. The second-order valence-corrected chi connectivity index (χ2v) is 5.99. The first-order valence-electron chi connectivity index (χ1n) is 9.12. The Hall–Kier alpha value is -1.38. The van der Waals surface area contributed by atoms with Crippen LogP contribution in [0, 0.1) is 11.7 Å². The SMILES string of the molecule is CCNC(=NCC(CC)CC)NCCNC(=O)Cc1cccc(F)c1.I. The molecule has 0 saturated heterocycles. The third-order valence-electron chi connectivity index (χ3n) is 4.00. The van der Waals surface area contributed by atoms with Crippen LogP contribution in [0.25, 0.3) is 0 Å². The minimum atomic E-state index is -0.323. The number of hydrogen-bond donors (Lipinski definition) is 3. The number of benzene rings is 1. The van der Waals surface area contributed by atoms with Crippen molar-refractivity contribution in [2.75, 3.05) is 26.2 Å². The quantitative estimate of drug-likeness (QED) is 0.210. The van der Waals surface area contributed by atoms with Crippen molar-refractivity contribution < 1.29 is 9.18 Å². The maximum atomic E-state index is 13.1. The first kappa shape index (κ1) is 24.6. The lowest BCUT2D eigenvalue weighted by molar-refractivity contribution is -0.120. The second-order valence-electron chi connectivity index (χ2n) is 5.99. The molecule has 1 rings (SSSR count). The lowest BCUT2D eigenvalue weighted by atomic mass is 10.0. The maximum absolute atomic E-state index is 13.1. The van der Waals surface area contributed by atoms with Crippen LogP contribution in [0.15, 0.2) is 29.3 Å². The van der Waals surface area contributed by atoms with E-state index in [0.29, 0.717) is 24.6 Å². The molecule has 0 aliphatic carbocycles. The van der Waals surface area contributed by atoms with Crippen LogP contribution in [-0.2, 0) is 11.2 Å². The van der Waals surface area contributed by atoms with E-state index in [2.05, 4.69) is 34.8 Å². The molecule has 0 spiro atoms. The van der Waals surface area contributed by atoms with Gasteiger partial charge in [-0.2, -0.15) is 0 Å². The highest BCUT2D eigenvalue weighted by Crippen LogP contribution is 2.07. The summed E-state index contributed by atoms with van der Waals surface area (Å²) in [5, 5.41) is 9.25. The van der Waals surface area contributed by atoms with Crippen molar-refractivity contribution in [2.24, 2.45) is 10.9 Å². The zero-order valence-corrected chi connectivity index (χ0v) is 18.3. The number of hydrogen-bond acceptors (Lipinski definition) is 2. The summed E-state index contributed by atoms with van der Waals surface area (Å²) in [6.45, 7) is 9.05. The molecule has 0 bridgehead atoms. The van der Waals surface area contributed by atoms with Gasteiger partial charge in [-0.15, -0.1) is 24.0 Å². The number of carbonyl (C=O) groups is 1. The van der Waals surface area contributed by atoms with Crippen LogP contribution >= 0.6 is 24.0 Å². The Morgan fingerprint density at radius 3 is 2.42 bits per heavy atom. The Balaban J connectivity index is 0.00000625. The standard InChI is InChI=1S/C19H31FN4O.HI/c1-4-15(5-2)14-24-19(21-6-3)23-11-10-22-18(25)13-16-8-7-9-17(20)12-16;/h7-9,12,15H,4-6,10-11,13-14H2,1-3H3,(H,22,25)(H2,21,23,24);1H. The van der Waals surface area contributed by atoms with Gasteiger partial charge in [0.25, 0.3) is 0 Å². The summed E-state index contributed by atoms with van der Waals surface area (Å²) in [6, 6.07) is 6.10. The molecule has 7 heteroatoms. The molecule has 148 valence electrons. The summed E-state index contributed by atoms with van der Waals surface area (Å²) in [6.07, 6.45) is 2.42. The van der Waals surface area contributed by atoms with Gasteiger partial charge in [-0.1, -0.05) is 38.8 Å². The van der Waals surface area contributed by atoms with Crippen molar-refractivity contribution in [2.45, 2.75) is 40.0 Å². The smallest absolute Gasteiger partial charge is 0.224 e. The third kappa shape index (κ3) is 10.6. The Labute approximate surface area is 173 Å². The lowest BCUT2D eigenvalue weighted by Gasteiger charge is -2.14. The van der Waals surface area contributed by atoms with Crippen LogP contribution in [0.3, 0.4) is 0 Å². The topological polar surface area (TPSA) is 65.5 Å². The van der Waals surface area contributed by atoms with E-state index < -0.39 is 0 Å². The average molecular weight is 478 g/mol. The molecule has 0 aromatic heterocycles. The molecule has 1 amide bonds. The van der Waals surface area contributed by atoms with Gasteiger partial charge in [0.05, 0.1) is 6.42 Å². The van der Waals surface area contributed by atoms with Crippen LogP contribution in [0.4, 0.5) is 4.39 Å². The first-order valence-corrected chi connectivity index (χ1v) is 9.12. The third-order valence-corrected chi connectivity index (χ3v) is 4.00. The van der Waals surface area contributed by atoms with E-state index >= 15 is 0 Å². The number of carbonyl (C=O) groups excluding carboxylic acids is 1. The van der Waals surface area contributed by atoms with Crippen LogP contribution in [0.2, 0.25) is 0 Å². The Morgan fingerprint density at radius 2 is 1.81 bits per heavy atom. The van der Waals surface area contributed by atoms with E-state index in [9.17, 15) is 9.18 Å². The van der Waals surface area contributed by atoms with E-state index in [1.54, 1.807) is 12.1 Å². The summed E-state index contributed by atoms with van der Waals surface area (Å²) < 4.78 is 13.1. The number of aliphatic imine (C=N–C) groups is 1. The van der Waals surface area contributed by atoms with Gasteiger partial charge in [-0.3, -0.25) is 9.79 Å². The van der Waals surface area contributed by atoms with Crippen LogP contribution < -0.4 is 16.0 Å². The summed E-state index contributed by atoms with van der Waals surface area (Å²) in [4.78, 5) is 16.5. The molecule has 1 aromatic carbocycles. The number of halogens is 2. The normalized spacial score (nSPS) is 11.0. The minimum Gasteiger partial charge on any atom is -0.357 e. The molecule has 0 heterocycles. The van der Waals surface area contributed by atoms with E-state index in [0.717, 1.165) is 31.9 Å². The molecule has 0 unspecified atom stereocenters. The van der Waals surface area contributed by atoms with Crippen molar-refractivity contribution in [3.63, 3.8) is 0 Å². The van der Waals surface area contributed by atoms with Gasteiger partial charge in [0.1, 0.15) is 5.82 Å². The summed E-state index contributed by atoms with van der Waals surface area (Å²) in [5.74, 6) is 0.928. The number of nitrogens with zero attached hydrogens (tertiary/aromatic N) is 1. The number of rotatable bonds is 10. The van der Waals surface area contributed by atoms with Gasteiger partial charge in [-0.05, 0) is 30.5 Å². The molecular weight excluding hydrogens is 446 g/mol. The highest BCUT2D eigenvalue weighted by molar-refractivity contribution is 14.0. The summed E-state index contributed by atoms with van der Waals surface area (Å²) >= 11 is 0. The average Bonchev–Trinajstić information content (AvgIpc) is 2.59. The lowest BCUT2D eigenvalue weighted by Crippen LogP contribution is -2.42. The molecule has 0 fully saturated rings. The van der Waals surface area contributed by atoms with E-state index in [1.165, 1.54) is 12.1 Å². The zero-order valence-electron chi connectivity index (χ0n) is 16.0. The molecule has 3 N–H and O–H groups in total. The van der Waals surface area contributed by atoms with Crippen molar-refractivity contribution in [3.05, 3.63) is 35.6 Å². The highest BCUT2D eigenvalue weighted by atomic mass is 127. The van der Waals surface area contributed by atoms with Gasteiger partial charge >= 0.3 is 0 Å². The zero-order chi connectivity index (χ0) is 18.5. The predicted molar refractivity (Wildman–Crippen MR) is 117 cm³/mol. The van der Waals surface area contributed by atoms with Gasteiger partial charge in [0.15, 0.2) is 5.96 Å². The molecule has 0 saturated carbocycles. The predicted octanol–water partition coefficient (Wildman–Crippen LogP) is 3.09. The van der Waals surface area contributed by atoms with Crippen LogP contribution in [-0.4, -0.2) is 38.0 Å². The summed E-state index contributed by atoms with van der Waals surface area (Å²) in [7, 11) is 0. The Morgan fingerprint density at radius 1 is 1.12 bits per heavy atom. The van der Waals surface area contributed by atoms with Gasteiger partial charge in [0.2, 0.25) is 5.91 Å². The van der Waals surface area contributed by atoms with Crippen LogP contribution in [0.5, 0.6) is 0 Å². The highest BCUT2D eigenvalue weighted by Gasteiger charge is 2.05. The first-order chi connectivity index (χ1) is 12.1. The molecule has 26 heavy (non-hydrogen) atoms. The fraction of sp³-hybridized carbons (Fsp3) is 0.579. The van der Waals surface area contributed by atoms with Gasteiger partial charge in [0, 0.05) is 26.2 Å². The number of guanidine groups is 1. The molecule has 0 atom stereocenters. The number of amides is 1. The summed E-state index contributed by atoms with van der Waals surface area (Å²) in [5.41, 5.74) is 0.672. The fourth-order valence-electron chi connectivity index (χ4n) is 2.39. The van der Waals surface area contributed by atoms with E-state index in [-0.39, 0.29) is 42.1 Å². The number of nitrogens with one attached hydrogen (secondary N) is 3. The van der Waals surface area contributed by atoms with Crippen molar-refractivity contribution >= 4 is 35.8 Å². The minimum absolute atomic E-state index is 0.